The number of hydrogen-bond donors (Lipinski definition) is 2. The average molecular weight is 397 g/mol. The van der Waals surface area contributed by atoms with Crippen LogP contribution < -0.4 is 10.6 Å². The van der Waals surface area contributed by atoms with Gasteiger partial charge in [-0.2, -0.15) is 13.2 Å². The first-order chi connectivity index (χ1) is 8.35. The fraction of sp³-hybridized carbons (Fsp3) is 0.909. The molecule has 0 amide bonds. The highest BCUT2D eigenvalue weighted by Gasteiger charge is 2.27. The first kappa shape index (κ1) is 21.1. The molecule has 0 radical (unpaired) electrons. The molecule has 8 heteroatoms. The van der Waals surface area contributed by atoms with E-state index in [-0.39, 0.29) is 30.6 Å². The molecule has 0 bridgehead atoms. The van der Waals surface area contributed by atoms with Gasteiger partial charge in [-0.1, -0.05) is 13.8 Å². The molecule has 0 aromatic heterocycles. The number of halogens is 4. The molecule has 0 saturated heterocycles. The summed E-state index contributed by atoms with van der Waals surface area (Å²) < 4.78 is 39.7. The summed E-state index contributed by atoms with van der Waals surface area (Å²) >= 11 is 0. The maximum absolute atomic E-state index is 11.8. The van der Waals surface area contributed by atoms with Crippen LogP contribution in [0.2, 0.25) is 0 Å². The van der Waals surface area contributed by atoms with Crippen molar-refractivity contribution in [1.82, 2.24) is 10.6 Å². The number of nitrogens with zero attached hydrogens (tertiary/aromatic N) is 1. The summed E-state index contributed by atoms with van der Waals surface area (Å²) in [6, 6.07) is 0. The monoisotopic (exact) mass is 397 g/mol. The van der Waals surface area contributed by atoms with Crippen LogP contribution in [-0.4, -0.2) is 45.5 Å². The van der Waals surface area contributed by atoms with Crippen molar-refractivity contribution in [2.75, 3.05) is 33.4 Å². The van der Waals surface area contributed by atoms with Crippen molar-refractivity contribution < 1.29 is 17.9 Å². The van der Waals surface area contributed by atoms with Crippen LogP contribution in [-0.2, 0) is 4.74 Å². The Morgan fingerprint density at radius 2 is 1.89 bits per heavy atom. The van der Waals surface area contributed by atoms with E-state index in [2.05, 4.69) is 34.2 Å². The molecule has 116 valence electrons. The smallest absolute Gasteiger partial charge is 0.372 e. The summed E-state index contributed by atoms with van der Waals surface area (Å²) in [7, 11) is 1.65. The largest absolute Gasteiger partial charge is 0.411 e. The van der Waals surface area contributed by atoms with E-state index < -0.39 is 12.8 Å². The second kappa shape index (κ2) is 11.6. The van der Waals surface area contributed by atoms with Crippen LogP contribution >= 0.6 is 24.0 Å². The number of guanidine groups is 1. The van der Waals surface area contributed by atoms with E-state index in [1.54, 1.807) is 7.05 Å². The van der Waals surface area contributed by atoms with Crippen molar-refractivity contribution in [3.63, 3.8) is 0 Å². The van der Waals surface area contributed by atoms with Crippen LogP contribution in [0.1, 0.15) is 20.3 Å². The van der Waals surface area contributed by atoms with E-state index in [4.69, 9.17) is 0 Å². The number of aliphatic imine (C=N–C) groups is 1. The summed E-state index contributed by atoms with van der Waals surface area (Å²) in [4.78, 5) is 3.99. The lowest BCUT2D eigenvalue weighted by molar-refractivity contribution is -0.173. The van der Waals surface area contributed by atoms with Gasteiger partial charge in [0.15, 0.2) is 5.96 Å². The molecule has 0 unspecified atom stereocenters. The lowest BCUT2D eigenvalue weighted by atomic mass is 10.2. The van der Waals surface area contributed by atoms with Gasteiger partial charge in [-0.3, -0.25) is 4.99 Å². The van der Waals surface area contributed by atoms with E-state index in [9.17, 15) is 13.2 Å². The van der Waals surface area contributed by atoms with E-state index in [0.717, 1.165) is 6.54 Å². The summed E-state index contributed by atoms with van der Waals surface area (Å²) in [5.41, 5.74) is 0. The Balaban J connectivity index is 0. The van der Waals surface area contributed by atoms with Crippen LogP contribution in [0.25, 0.3) is 0 Å². The molecular formula is C11H23F3IN3O. The molecule has 2 N–H and O–H groups in total. The number of rotatable bonds is 7. The molecule has 4 nitrogen and oxygen atoms in total. The normalized spacial score (nSPS) is 12.3. The highest BCUT2D eigenvalue weighted by atomic mass is 127. The maximum Gasteiger partial charge on any atom is 0.411 e. The Labute approximate surface area is 129 Å². The Kier molecular flexibility index (Phi) is 12.8. The Bertz CT molecular complexity index is 248. The summed E-state index contributed by atoms with van der Waals surface area (Å²) in [5, 5.41) is 6.10. The van der Waals surface area contributed by atoms with E-state index in [0.29, 0.717) is 24.8 Å². The Morgan fingerprint density at radius 1 is 1.26 bits per heavy atom. The molecule has 0 aromatic carbocycles. The standard InChI is InChI=1S/C11H22F3N3O.HI/c1-9(2)7-17-10(15-3)16-5-4-6-18-8-11(12,13)14;/h9H,4-8H2,1-3H3,(H2,15,16,17);1H. The minimum absolute atomic E-state index is 0. The van der Waals surface area contributed by atoms with E-state index in [1.807, 2.05) is 0 Å². The second-order valence-corrected chi connectivity index (χ2v) is 4.30. The molecule has 0 spiro atoms. The van der Waals surface area contributed by atoms with Crippen molar-refractivity contribution in [1.29, 1.82) is 0 Å². The van der Waals surface area contributed by atoms with Crippen molar-refractivity contribution in [2.45, 2.75) is 26.4 Å². The first-order valence-electron chi connectivity index (χ1n) is 5.94. The maximum atomic E-state index is 11.8. The van der Waals surface area contributed by atoms with Crippen molar-refractivity contribution in [2.24, 2.45) is 10.9 Å². The third-order valence-corrected chi connectivity index (χ3v) is 1.92. The molecule has 0 heterocycles. The number of hydrogen-bond acceptors (Lipinski definition) is 2. The zero-order chi connectivity index (χ0) is 14.0. The topological polar surface area (TPSA) is 45.7 Å². The van der Waals surface area contributed by atoms with Gasteiger partial charge in [0.25, 0.3) is 0 Å². The lowest BCUT2D eigenvalue weighted by Gasteiger charge is -2.13. The van der Waals surface area contributed by atoms with Gasteiger partial charge in [0, 0.05) is 26.7 Å². The summed E-state index contributed by atoms with van der Waals surface area (Å²) in [6.45, 7) is 4.36. The molecule has 0 aliphatic carbocycles. The highest BCUT2D eigenvalue weighted by Crippen LogP contribution is 2.14. The van der Waals surface area contributed by atoms with E-state index >= 15 is 0 Å². The van der Waals surface area contributed by atoms with E-state index in [1.165, 1.54) is 0 Å². The van der Waals surface area contributed by atoms with Crippen LogP contribution in [0.15, 0.2) is 4.99 Å². The minimum Gasteiger partial charge on any atom is -0.372 e. The lowest BCUT2D eigenvalue weighted by Crippen LogP contribution is -2.39. The van der Waals surface area contributed by atoms with Crippen molar-refractivity contribution in [3.8, 4) is 0 Å². The third kappa shape index (κ3) is 15.7. The van der Waals surface area contributed by atoms with Gasteiger partial charge in [-0.15, -0.1) is 24.0 Å². The van der Waals surface area contributed by atoms with Gasteiger partial charge in [-0.25, -0.2) is 0 Å². The fourth-order valence-electron chi connectivity index (χ4n) is 1.09. The van der Waals surface area contributed by atoms with Crippen LogP contribution in [0.5, 0.6) is 0 Å². The quantitative estimate of drug-likeness (QED) is 0.300. The second-order valence-electron chi connectivity index (χ2n) is 4.30. The first-order valence-corrected chi connectivity index (χ1v) is 5.94. The van der Waals surface area contributed by atoms with Crippen LogP contribution in [0.3, 0.4) is 0 Å². The molecule has 0 atom stereocenters. The Morgan fingerprint density at radius 3 is 2.37 bits per heavy atom. The Hall–Kier alpha value is -0.250. The zero-order valence-electron chi connectivity index (χ0n) is 11.5. The SMILES string of the molecule is CN=C(NCCCOCC(F)(F)F)NCC(C)C.I. The molecule has 0 aromatic rings. The average Bonchev–Trinajstić information content (AvgIpc) is 2.25. The molecule has 0 aliphatic rings. The molecule has 0 aliphatic heterocycles. The number of alkyl halides is 3. The fourth-order valence-corrected chi connectivity index (χ4v) is 1.09. The number of nitrogens with one attached hydrogen (secondary N) is 2. The zero-order valence-corrected chi connectivity index (χ0v) is 13.8. The van der Waals surface area contributed by atoms with Crippen LogP contribution in [0.4, 0.5) is 13.2 Å². The van der Waals surface area contributed by atoms with Gasteiger partial charge in [0.2, 0.25) is 0 Å². The highest BCUT2D eigenvalue weighted by molar-refractivity contribution is 14.0. The molecule has 0 rings (SSSR count). The van der Waals surface area contributed by atoms with Gasteiger partial charge in [0.05, 0.1) is 0 Å². The van der Waals surface area contributed by atoms with Gasteiger partial charge < -0.3 is 15.4 Å². The molecule has 19 heavy (non-hydrogen) atoms. The summed E-state index contributed by atoms with van der Waals surface area (Å²) in [5.74, 6) is 1.15. The number of ether oxygens (including phenoxy) is 1. The predicted molar refractivity (Wildman–Crippen MR) is 81.1 cm³/mol. The van der Waals surface area contributed by atoms with Crippen LogP contribution in [0, 0.1) is 5.92 Å². The van der Waals surface area contributed by atoms with Gasteiger partial charge >= 0.3 is 6.18 Å². The summed E-state index contributed by atoms with van der Waals surface area (Å²) in [6.07, 6.45) is -3.75. The van der Waals surface area contributed by atoms with Crippen molar-refractivity contribution >= 4 is 29.9 Å². The molecule has 0 fully saturated rings. The molecular weight excluding hydrogens is 374 g/mol. The van der Waals surface area contributed by atoms with Crippen molar-refractivity contribution in [3.05, 3.63) is 0 Å². The van der Waals surface area contributed by atoms with Gasteiger partial charge in [-0.05, 0) is 12.3 Å². The molecule has 0 saturated carbocycles. The minimum atomic E-state index is -4.25. The predicted octanol–water partition coefficient (Wildman–Crippen LogP) is 2.39. The third-order valence-electron chi connectivity index (χ3n) is 1.92. The van der Waals surface area contributed by atoms with Gasteiger partial charge in [0.1, 0.15) is 6.61 Å².